The lowest BCUT2D eigenvalue weighted by Gasteiger charge is -2.27. The normalized spacial score (nSPS) is 18.7. The molecule has 3 aliphatic carbocycles. The standard InChI is InChI=1S/C39H33ClF6N8O5S/c1-52-33-28(9-8-25(40)31(33)36(50-52)51-60(2,57)58)54-37(48-26-14-21(59-20-4-3-5-20)6-7-22(26)38(54)56)27(12-17-10-18(41)13-19(42)11-17)47-29(55)16-53-34-30(32(49-53)35(43)44)23-15-24(23)39(34,45)46/h6-11,13-14,20,23-24,27,35H,3-5,12,15-16H2,1-2H3,(H,47,55)(H,50,51)/t23-,24+,27-/m0/s1. The Hall–Kier alpha value is -5.63. The highest BCUT2D eigenvalue weighted by atomic mass is 35.5. The quantitative estimate of drug-likeness (QED) is 0.125. The van der Waals surface area contributed by atoms with E-state index in [0.717, 1.165) is 42.2 Å². The monoisotopic (exact) mass is 874 g/mol. The Bertz CT molecular complexity index is 2930. The van der Waals surface area contributed by atoms with Crippen LogP contribution in [0.5, 0.6) is 5.75 Å². The highest BCUT2D eigenvalue weighted by Gasteiger charge is 2.67. The molecule has 3 heterocycles. The number of nitrogens with one attached hydrogen (secondary N) is 2. The number of hydrogen-bond acceptors (Lipinski definition) is 8. The first-order valence-corrected chi connectivity index (χ1v) is 21.0. The molecule has 3 aromatic heterocycles. The number of fused-ring (bicyclic) bond motifs is 5. The molecule has 0 bridgehead atoms. The zero-order valence-electron chi connectivity index (χ0n) is 31.5. The van der Waals surface area contributed by atoms with Gasteiger partial charge in [0.2, 0.25) is 15.9 Å². The van der Waals surface area contributed by atoms with Crippen LogP contribution in [0.4, 0.5) is 32.2 Å². The van der Waals surface area contributed by atoms with Crippen LogP contribution in [0.1, 0.15) is 72.4 Å². The van der Waals surface area contributed by atoms with Crippen molar-refractivity contribution in [3.05, 3.63) is 104 Å². The number of ether oxygens (including phenoxy) is 1. The number of anilines is 1. The molecular weight excluding hydrogens is 842 g/mol. The van der Waals surface area contributed by atoms with Crippen LogP contribution in [-0.2, 0) is 40.8 Å². The van der Waals surface area contributed by atoms with Crippen LogP contribution in [0, 0.1) is 17.6 Å². The van der Waals surface area contributed by atoms with Crippen LogP contribution in [0.3, 0.4) is 0 Å². The van der Waals surface area contributed by atoms with E-state index in [1.54, 1.807) is 6.07 Å². The van der Waals surface area contributed by atoms with Gasteiger partial charge in [0, 0.05) is 37.1 Å². The summed E-state index contributed by atoms with van der Waals surface area (Å²) in [4.78, 5) is 33.8. The molecule has 0 radical (unpaired) electrons. The van der Waals surface area contributed by atoms with E-state index >= 15 is 8.78 Å². The maximum absolute atomic E-state index is 15.5. The summed E-state index contributed by atoms with van der Waals surface area (Å²) in [6, 6.07) is 8.52. The summed E-state index contributed by atoms with van der Waals surface area (Å²) in [6.07, 6.45) is -0.191. The van der Waals surface area contributed by atoms with Crippen LogP contribution in [0.25, 0.3) is 27.5 Å². The minimum atomic E-state index is -3.90. The highest BCUT2D eigenvalue weighted by molar-refractivity contribution is 7.92. The van der Waals surface area contributed by atoms with Crippen LogP contribution in [-0.4, -0.2) is 55.8 Å². The Morgan fingerprint density at radius 1 is 1.07 bits per heavy atom. The van der Waals surface area contributed by atoms with Crippen molar-refractivity contribution in [2.24, 2.45) is 13.0 Å². The van der Waals surface area contributed by atoms with Crippen LogP contribution >= 0.6 is 11.6 Å². The third-order valence-electron chi connectivity index (χ3n) is 11.1. The molecule has 1 amide bonds. The van der Waals surface area contributed by atoms with Crippen LogP contribution in [0.15, 0.2) is 53.3 Å². The largest absolute Gasteiger partial charge is 0.490 e. The Labute approximate surface area is 341 Å². The fraction of sp³-hybridized carbons (Fsp3) is 0.359. The first-order valence-electron chi connectivity index (χ1n) is 18.8. The molecule has 2 N–H and O–H groups in total. The van der Waals surface area contributed by atoms with Gasteiger partial charge in [0.25, 0.3) is 17.9 Å². The lowest BCUT2D eigenvalue weighted by atomic mass is 9.96. The fourth-order valence-corrected chi connectivity index (χ4v) is 9.05. The summed E-state index contributed by atoms with van der Waals surface area (Å²) in [5.74, 6) is -8.55. The van der Waals surface area contributed by atoms with E-state index in [9.17, 15) is 35.6 Å². The third kappa shape index (κ3) is 6.91. The number of hydrogen-bond donors (Lipinski definition) is 2. The van der Waals surface area contributed by atoms with E-state index in [2.05, 4.69) is 20.2 Å². The summed E-state index contributed by atoms with van der Waals surface area (Å²) < 4.78 is 125. The Morgan fingerprint density at radius 3 is 2.47 bits per heavy atom. The van der Waals surface area contributed by atoms with E-state index in [1.165, 1.54) is 36.0 Å². The molecule has 0 saturated heterocycles. The van der Waals surface area contributed by atoms with Crippen molar-refractivity contribution in [1.82, 2.24) is 34.4 Å². The number of carbonyl (C=O) groups is 1. The average Bonchev–Trinajstić information content (AvgIpc) is 3.68. The Morgan fingerprint density at radius 2 is 1.80 bits per heavy atom. The molecule has 0 unspecified atom stereocenters. The van der Waals surface area contributed by atoms with Crippen molar-refractivity contribution >= 4 is 55.2 Å². The van der Waals surface area contributed by atoms with Gasteiger partial charge in [-0.05, 0) is 73.6 Å². The number of nitrogens with zero attached hydrogens (tertiary/aromatic N) is 6. The zero-order valence-corrected chi connectivity index (χ0v) is 33.1. The Balaban J connectivity index is 1.23. The van der Waals surface area contributed by atoms with E-state index < -0.39 is 87.7 Å². The average molecular weight is 875 g/mol. The number of amides is 1. The van der Waals surface area contributed by atoms with Gasteiger partial charge in [-0.1, -0.05) is 11.6 Å². The first kappa shape index (κ1) is 39.8. The number of benzene rings is 3. The zero-order chi connectivity index (χ0) is 42.6. The predicted octanol–water partition coefficient (Wildman–Crippen LogP) is 6.95. The van der Waals surface area contributed by atoms with Gasteiger partial charge in [-0.3, -0.25) is 28.2 Å². The number of alkyl halides is 4. The van der Waals surface area contributed by atoms with E-state index in [0.29, 0.717) is 16.5 Å². The molecule has 13 nitrogen and oxygen atoms in total. The molecule has 3 atom stereocenters. The summed E-state index contributed by atoms with van der Waals surface area (Å²) in [5.41, 5.74) is -2.40. The number of halogens is 7. The van der Waals surface area contributed by atoms with Crippen LogP contribution in [0.2, 0.25) is 5.02 Å². The van der Waals surface area contributed by atoms with Gasteiger partial charge in [0.05, 0.1) is 50.9 Å². The summed E-state index contributed by atoms with van der Waals surface area (Å²) in [7, 11) is -2.43. The molecule has 0 aliphatic heterocycles. The van der Waals surface area contributed by atoms with Crippen molar-refractivity contribution in [3.63, 3.8) is 0 Å². The topological polar surface area (TPSA) is 155 Å². The van der Waals surface area contributed by atoms with Gasteiger partial charge in [-0.15, -0.1) is 0 Å². The Kier molecular flexibility index (Phi) is 9.45. The lowest BCUT2D eigenvalue weighted by Crippen LogP contribution is -2.38. The van der Waals surface area contributed by atoms with E-state index in [1.807, 2.05) is 0 Å². The van der Waals surface area contributed by atoms with Gasteiger partial charge in [0.1, 0.15) is 41.1 Å². The molecule has 60 heavy (non-hydrogen) atoms. The van der Waals surface area contributed by atoms with Crippen molar-refractivity contribution in [3.8, 4) is 11.4 Å². The fourth-order valence-electron chi connectivity index (χ4n) is 8.31. The maximum atomic E-state index is 15.5. The molecule has 3 aliphatic rings. The molecular formula is C39H33ClF6N8O5S. The minimum Gasteiger partial charge on any atom is -0.490 e. The van der Waals surface area contributed by atoms with Crippen LogP contribution < -0.4 is 20.3 Å². The van der Waals surface area contributed by atoms with Crippen molar-refractivity contribution < 1.29 is 44.3 Å². The molecule has 2 saturated carbocycles. The number of sulfonamides is 1. The SMILES string of the molecule is Cn1nc(NS(C)(=O)=O)c2c(Cl)ccc(-n3c([C@H](Cc4cc(F)cc(F)c4)NC(=O)Cn4nc(C(F)F)c5c4C(F)(F)[C@@H]4C[C@H]54)nc4cc(OC5CCC5)ccc4c3=O)c21. The summed E-state index contributed by atoms with van der Waals surface area (Å²) in [5, 5.41) is 10.9. The molecule has 0 spiro atoms. The second-order valence-corrected chi connectivity index (χ2v) is 17.5. The van der Waals surface area contributed by atoms with E-state index in [-0.39, 0.29) is 67.8 Å². The smallest absolute Gasteiger partial charge is 0.293 e. The molecule has 21 heteroatoms. The second-order valence-electron chi connectivity index (χ2n) is 15.4. The van der Waals surface area contributed by atoms with Gasteiger partial charge < -0.3 is 10.1 Å². The van der Waals surface area contributed by atoms with Crippen molar-refractivity contribution in [1.29, 1.82) is 0 Å². The van der Waals surface area contributed by atoms with Gasteiger partial charge >= 0.3 is 0 Å². The number of aryl methyl sites for hydroxylation is 1. The second kappa shape index (κ2) is 14.2. The van der Waals surface area contributed by atoms with Gasteiger partial charge in [-0.25, -0.2) is 31.0 Å². The predicted molar refractivity (Wildman–Crippen MR) is 206 cm³/mol. The first-order chi connectivity index (χ1) is 28.4. The molecule has 314 valence electrons. The maximum Gasteiger partial charge on any atom is 0.293 e. The number of rotatable bonds is 12. The molecule has 3 aromatic carbocycles. The molecule has 6 aromatic rings. The summed E-state index contributed by atoms with van der Waals surface area (Å²) in [6.45, 7) is -0.970. The van der Waals surface area contributed by atoms with Gasteiger partial charge in [0.15, 0.2) is 5.82 Å². The minimum absolute atomic E-state index is 0.00287. The van der Waals surface area contributed by atoms with Crippen molar-refractivity contribution in [2.45, 2.75) is 69.1 Å². The van der Waals surface area contributed by atoms with Gasteiger partial charge in [-0.2, -0.15) is 19.0 Å². The molecule has 2 fully saturated rings. The summed E-state index contributed by atoms with van der Waals surface area (Å²) >= 11 is 6.61. The lowest BCUT2D eigenvalue weighted by molar-refractivity contribution is -0.123. The number of carbonyl (C=O) groups excluding carboxylic acids is 1. The number of aromatic nitrogens is 6. The van der Waals surface area contributed by atoms with Crippen molar-refractivity contribution in [2.75, 3.05) is 11.0 Å². The highest BCUT2D eigenvalue weighted by Crippen LogP contribution is 2.68. The van der Waals surface area contributed by atoms with E-state index in [4.69, 9.17) is 21.3 Å². The third-order valence-corrected chi connectivity index (χ3v) is 12.0. The molecule has 9 rings (SSSR count).